The number of hydrogen-bond acceptors (Lipinski definition) is 2. The lowest BCUT2D eigenvalue weighted by Gasteiger charge is -2.22. The molecule has 1 fully saturated rings. The molecule has 0 saturated heterocycles. The van der Waals surface area contributed by atoms with Crippen molar-refractivity contribution in [2.45, 2.75) is 50.8 Å². The maximum absolute atomic E-state index is 12.1. The van der Waals surface area contributed by atoms with Gasteiger partial charge in [0.2, 0.25) is 0 Å². The fourth-order valence-electron chi connectivity index (χ4n) is 3.46. The first kappa shape index (κ1) is 13.4. The molecule has 1 saturated carbocycles. The Kier molecular flexibility index (Phi) is 3.66. The summed E-state index contributed by atoms with van der Waals surface area (Å²) in [4.78, 5) is 12.1. The summed E-state index contributed by atoms with van der Waals surface area (Å²) >= 11 is 0. The Labute approximate surface area is 119 Å². The summed E-state index contributed by atoms with van der Waals surface area (Å²) in [6.45, 7) is 2.18. The Morgan fingerprint density at radius 3 is 2.80 bits per heavy atom. The minimum absolute atomic E-state index is 0.162. The van der Waals surface area contributed by atoms with Crippen LogP contribution in [0.15, 0.2) is 24.3 Å². The van der Waals surface area contributed by atoms with Gasteiger partial charge in [0, 0.05) is 12.5 Å². The summed E-state index contributed by atoms with van der Waals surface area (Å²) < 4.78 is 0. The third-order valence-corrected chi connectivity index (χ3v) is 4.67. The standard InChI is InChI=1S/C16H22N2O2/c1-10-5-4-8-13(10)17-16(20)18-15-12-7-3-2-6-11(12)9-14(15)19/h2-3,6-7,10,13-15,19H,4-5,8-9H2,1H3,(H2,17,18,20). The lowest BCUT2D eigenvalue weighted by Crippen LogP contribution is -2.46. The van der Waals surface area contributed by atoms with Crippen molar-refractivity contribution in [2.75, 3.05) is 0 Å². The van der Waals surface area contributed by atoms with Gasteiger partial charge >= 0.3 is 6.03 Å². The number of aliphatic hydroxyl groups is 1. The number of hydrogen-bond donors (Lipinski definition) is 3. The van der Waals surface area contributed by atoms with Gasteiger partial charge in [-0.2, -0.15) is 0 Å². The first-order valence-corrected chi connectivity index (χ1v) is 7.48. The van der Waals surface area contributed by atoms with Gasteiger partial charge < -0.3 is 15.7 Å². The first-order valence-electron chi connectivity index (χ1n) is 7.48. The predicted molar refractivity (Wildman–Crippen MR) is 77.4 cm³/mol. The number of benzene rings is 1. The molecule has 3 N–H and O–H groups in total. The zero-order valence-electron chi connectivity index (χ0n) is 11.8. The molecule has 4 unspecified atom stereocenters. The molecule has 0 heterocycles. The number of amides is 2. The van der Waals surface area contributed by atoms with Crippen molar-refractivity contribution in [3.8, 4) is 0 Å². The number of urea groups is 1. The lowest BCUT2D eigenvalue weighted by atomic mass is 10.1. The monoisotopic (exact) mass is 274 g/mol. The summed E-state index contributed by atoms with van der Waals surface area (Å²) in [5, 5.41) is 16.1. The first-order chi connectivity index (χ1) is 9.65. The highest BCUT2D eigenvalue weighted by atomic mass is 16.3. The molecule has 4 nitrogen and oxygen atoms in total. The third-order valence-electron chi connectivity index (χ3n) is 4.67. The molecule has 2 amide bonds. The molecule has 0 spiro atoms. The molecule has 0 aliphatic heterocycles. The van der Waals surface area contributed by atoms with Crippen molar-refractivity contribution in [3.63, 3.8) is 0 Å². The van der Waals surface area contributed by atoms with Gasteiger partial charge in [-0.25, -0.2) is 4.79 Å². The van der Waals surface area contributed by atoms with Crippen molar-refractivity contribution in [3.05, 3.63) is 35.4 Å². The second kappa shape index (κ2) is 5.44. The molecule has 3 rings (SSSR count). The normalized spacial score (nSPS) is 31.9. The summed E-state index contributed by atoms with van der Waals surface area (Å²) in [5.74, 6) is 0.543. The van der Waals surface area contributed by atoms with Crippen LogP contribution in [-0.2, 0) is 6.42 Å². The zero-order chi connectivity index (χ0) is 14.1. The highest BCUT2D eigenvalue weighted by Crippen LogP contribution is 2.31. The molecular formula is C16H22N2O2. The van der Waals surface area contributed by atoms with E-state index in [4.69, 9.17) is 0 Å². The maximum atomic E-state index is 12.1. The van der Waals surface area contributed by atoms with E-state index < -0.39 is 6.10 Å². The predicted octanol–water partition coefficient (Wildman–Crippen LogP) is 2.13. The third kappa shape index (κ3) is 2.52. The molecule has 0 aromatic heterocycles. The molecule has 108 valence electrons. The minimum atomic E-state index is -0.529. The summed E-state index contributed by atoms with van der Waals surface area (Å²) in [7, 11) is 0. The van der Waals surface area contributed by atoms with Gasteiger partial charge in [0.1, 0.15) is 0 Å². The fourth-order valence-corrected chi connectivity index (χ4v) is 3.46. The second-order valence-electron chi connectivity index (χ2n) is 6.08. The number of carbonyl (C=O) groups excluding carboxylic acids is 1. The van der Waals surface area contributed by atoms with Crippen LogP contribution in [0.4, 0.5) is 4.79 Å². The fraction of sp³-hybridized carbons (Fsp3) is 0.562. The number of rotatable bonds is 2. The quantitative estimate of drug-likeness (QED) is 0.773. The average molecular weight is 274 g/mol. The number of fused-ring (bicyclic) bond motifs is 1. The SMILES string of the molecule is CC1CCCC1NC(=O)NC1c2ccccc2CC1O. The van der Waals surface area contributed by atoms with Gasteiger partial charge in [-0.3, -0.25) is 0 Å². The second-order valence-corrected chi connectivity index (χ2v) is 6.08. The Morgan fingerprint density at radius 2 is 2.05 bits per heavy atom. The van der Waals surface area contributed by atoms with Gasteiger partial charge in [-0.15, -0.1) is 0 Å². The molecular weight excluding hydrogens is 252 g/mol. The molecule has 2 aliphatic rings. The average Bonchev–Trinajstić information content (AvgIpc) is 2.95. The van der Waals surface area contributed by atoms with Gasteiger partial charge in [0.25, 0.3) is 0 Å². The van der Waals surface area contributed by atoms with E-state index in [0.717, 1.165) is 17.5 Å². The van der Waals surface area contributed by atoms with Gasteiger partial charge in [-0.05, 0) is 29.9 Å². The molecule has 4 atom stereocenters. The summed E-state index contributed by atoms with van der Waals surface area (Å²) in [6, 6.07) is 7.72. The van der Waals surface area contributed by atoms with Crippen molar-refractivity contribution in [2.24, 2.45) is 5.92 Å². The van der Waals surface area contributed by atoms with E-state index in [-0.39, 0.29) is 18.1 Å². The summed E-state index contributed by atoms with van der Waals surface area (Å²) in [5.41, 5.74) is 2.16. The Bertz CT molecular complexity index is 503. The summed E-state index contributed by atoms with van der Waals surface area (Å²) in [6.07, 6.45) is 3.50. The number of nitrogens with one attached hydrogen (secondary N) is 2. The maximum Gasteiger partial charge on any atom is 0.315 e. The largest absolute Gasteiger partial charge is 0.390 e. The van der Waals surface area contributed by atoms with Crippen LogP contribution in [0.1, 0.15) is 43.4 Å². The Hall–Kier alpha value is -1.55. The molecule has 1 aromatic carbocycles. The van der Waals surface area contributed by atoms with Crippen LogP contribution in [-0.4, -0.2) is 23.3 Å². The van der Waals surface area contributed by atoms with E-state index in [2.05, 4.69) is 17.6 Å². The molecule has 20 heavy (non-hydrogen) atoms. The van der Waals surface area contributed by atoms with E-state index in [1.807, 2.05) is 24.3 Å². The Balaban J connectivity index is 1.64. The van der Waals surface area contributed by atoms with Crippen LogP contribution >= 0.6 is 0 Å². The van der Waals surface area contributed by atoms with Crippen molar-refractivity contribution < 1.29 is 9.90 Å². The van der Waals surface area contributed by atoms with E-state index in [0.29, 0.717) is 12.3 Å². The number of aliphatic hydroxyl groups excluding tert-OH is 1. The Morgan fingerprint density at radius 1 is 1.25 bits per heavy atom. The lowest BCUT2D eigenvalue weighted by molar-refractivity contribution is 0.141. The van der Waals surface area contributed by atoms with Crippen molar-refractivity contribution in [1.82, 2.24) is 10.6 Å². The van der Waals surface area contributed by atoms with E-state index in [1.165, 1.54) is 12.8 Å². The van der Waals surface area contributed by atoms with Crippen LogP contribution in [0.3, 0.4) is 0 Å². The van der Waals surface area contributed by atoms with E-state index in [1.54, 1.807) is 0 Å². The molecule has 4 heteroatoms. The van der Waals surface area contributed by atoms with Crippen molar-refractivity contribution >= 4 is 6.03 Å². The van der Waals surface area contributed by atoms with Gasteiger partial charge in [0.05, 0.1) is 12.1 Å². The van der Waals surface area contributed by atoms with Gasteiger partial charge in [0.15, 0.2) is 0 Å². The zero-order valence-corrected chi connectivity index (χ0v) is 11.8. The van der Waals surface area contributed by atoms with E-state index >= 15 is 0 Å². The van der Waals surface area contributed by atoms with E-state index in [9.17, 15) is 9.90 Å². The highest BCUT2D eigenvalue weighted by Gasteiger charge is 2.33. The number of carbonyl (C=O) groups is 1. The van der Waals surface area contributed by atoms with Gasteiger partial charge in [-0.1, -0.05) is 37.6 Å². The van der Waals surface area contributed by atoms with Crippen LogP contribution in [0.2, 0.25) is 0 Å². The molecule has 0 radical (unpaired) electrons. The van der Waals surface area contributed by atoms with Crippen LogP contribution < -0.4 is 10.6 Å². The smallest absolute Gasteiger partial charge is 0.315 e. The molecule has 2 aliphatic carbocycles. The topological polar surface area (TPSA) is 61.4 Å². The molecule has 0 bridgehead atoms. The minimum Gasteiger partial charge on any atom is -0.390 e. The molecule has 1 aromatic rings. The van der Waals surface area contributed by atoms with Crippen LogP contribution in [0.25, 0.3) is 0 Å². The van der Waals surface area contributed by atoms with Crippen LogP contribution in [0, 0.1) is 5.92 Å². The highest BCUT2D eigenvalue weighted by molar-refractivity contribution is 5.75. The van der Waals surface area contributed by atoms with Crippen molar-refractivity contribution in [1.29, 1.82) is 0 Å². The van der Waals surface area contributed by atoms with Crippen LogP contribution in [0.5, 0.6) is 0 Å².